The van der Waals surface area contributed by atoms with Crippen molar-refractivity contribution in [1.29, 1.82) is 0 Å². The zero-order chi connectivity index (χ0) is 50.7. The molecule has 0 aromatic heterocycles. The molecule has 0 rings (SSSR count). The second kappa shape index (κ2) is 59.6. The summed E-state index contributed by atoms with van der Waals surface area (Å²) in [4.78, 5) is 24.5. The quantitative estimate of drug-likeness (QED) is 0.0321. The van der Waals surface area contributed by atoms with E-state index in [-0.39, 0.29) is 18.5 Å². The topological polar surface area (TPSA) is 95.9 Å². The molecule has 412 valence electrons. The SMILES string of the molecule is CCCCCCC/C=C\CCCCCCCC(=O)OCCCCCCCCCCCCCC/C=C\CCCCCCCCCC(=O)NC(CO)C(O)/C=C/CCCCCCCCCCCCCCCC. The van der Waals surface area contributed by atoms with Crippen LogP contribution in [0.1, 0.15) is 335 Å². The summed E-state index contributed by atoms with van der Waals surface area (Å²) in [5.41, 5.74) is 0. The molecule has 0 radical (unpaired) electrons. The normalized spacial score (nSPS) is 12.8. The minimum absolute atomic E-state index is 0.00242. The fourth-order valence-corrected chi connectivity index (χ4v) is 9.57. The molecule has 2 atom stereocenters. The summed E-state index contributed by atoms with van der Waals surface area (Å²) in [6.07, 6.45) is 74.7. The van der Waals surface area contributed by atoms with Crippen LogP contribution in [0.15, 0.2) is 36.5 Å². The summed E-state index contributed by atoms with van der Waals surface area (Å²) in [5.74, 6) is -0.0706. The summed E-state index contributed by atoms with van der Waals surface area (Å²) in [7, 11) is 0. The molecule has 1 amide bonds. The summed E-state index contributed by atoms with van der Waals surface area (Å²) in [6, 6.07) is -0.633. The van der Waals surface area contributed by atoms with Crippen molar-refractivity contribution in [3.05, 3.63) is 36.5 Å². The Balaban J connectivity index is 3.44. The number of amides is 1. The molecular formula is C64H121NO5. The van der Waals surface area contributed by atoms with Gasteiger partial charge in [0.1, 0.15) is 0 Å². The van der Waals surface area contributed by atoms with Crippen molar-refractivity contribution in [2.75, 3.05) is 13.2 Å². The molecule has 0 aliphatic heterocycles. The number of hydrogen-bond donors (Lipinski definition) is 3. The van der Waals surface area contributed by atoms with Crippen LogP contribution in [0.2, 0.25) is 0 Å². The Labute approximate surface area is 436 Å². The third-order valence-electron chi connectivity index (χ3n) is 14.4. The number of rotatable bonds is 58. The van der Waals surface area contributed by atoms with Gasteiger partial charge >= 0.3 is 5.97 Å². The minimum Gasteiger partial charge on any atom is -0.466 e. The van der Waals surface area contributed by atoms with E-state index < -0.39 is 12.1 Å². The van der Waals surface area contributed by atoms with Crippen LogP contribution < -0.4 is 5.32 Å². The van der Waals surface area contributed by atoms with Gasteiger partial charge in [0.25, 0.3) is 0 Å². The third kappa shape index (κ3) is 55.4. The number of aliphatic hydroxyl groups excluding tert-OH is 2. The van der Waals surface area contributed by atoms with Gasteiger partial charge in [-0.3, -0.25) is 9.59 Å². The van der Waals surface area contributed by atoms with Crippen LogP contribution in [0, 0.1) is 0 Å². The van der Waals surface area contributed by atoms with E-state index in [0.29, 0.717) is 19.4 Å². The smallest absolute Gasteiger partial charge is 0.305 e. The average molecular weight is 985 g/mol. The Morgan fingerprint density at radius 1 is 0.386 bits per heavy atom. The van der Waals surface area contributed by atoms with E-state index in [2.05, 4.69) is 43.5 Å². The van der Waals surface area contributed by atoms with Gasteiger partial charge in [-0.2, -0.15) is 0 Å². The zero-order valence-corrected chi connectivity index (χ0v) is 47.0. The Hall–Kier alpha value is -1.92. The molecule has 2 unspecified atom stereocenters. The first-order chi connectivity index (χ1) is 34.5. The molecule has 0 aliphatic carbocycles. The molecule has 6 heteroatoms. The van der Waals surface area contributed by atoms with Crippen molar-refractivity contribution >= 4 is 11.9 Å². The number of carbonyl (C=O) groups excluding carboxylic acids is 2. The van der Waals surface area contributed by atoms with Gasteiger partial charge in [-0.25, -0.2) is 0 Å². The molecule has 6 nitrogen and oxygen atoms in total. The molecular weight excluding hydrogens is 863 g/mol. The number of allylic oxidation sites excluding steroid dienone is 5. The molecule has 0 fully saturated rings. The maximum Gasteiger partial charge on any atom is 0.305 e. The van der Waals surface area contributed by atoms with Gasteiger partial charge in [-0.1, -0.05) is 275 Å². The Morgan fingerprint density at radius 3 is 1.01 bits per heavy atom. The minimum atomic E-state index is -0.848. The Kier molecular flexibility index (Phi) is 58.0. The molecule has 0 saturated heterocycles. The summed E-state index contributed by atoms with van der Waals surface area (Å²) in [5, 5.41) is 23.1. The molecule has 0 spiro atoms. The molecule has 0 heterocycles. The van der Waals surface area contributed by atoms with Crippen molar-refractivity contribution in [3.8, 4) is 0 Å². The zero-order valence-electron chi connectivity index (χ0n) is 47.0. The Morgan fingerprint density at radius 2 is 0.671 bits per heavy atom. The molecule has 3 N–H and O–H groups in total. The first kappa shape index (κ1) is 68.1. The second-order valence-electron chi connectivity index (χ2n) is 21.4. The molecule has 70 heavy (non-hydrogen) atoms. The molecule has 0 aliphatic rings. The number of unbranched alkanes of at least 4 members (excludes halogenated alkanes) is 43. The Bertz CT molecular complexity index is 1130. The highest BCUT2D eigenvalue weighted by atomic mass is 16.5. The van der Waals surface area contributed by atoms with E-state index in [4.69, 9.17) is 4.74 Å². The maximum atomic E-state index is 12.5. The third-order valence-corrected chi connectivity index (χ3v) is 14.4. The highest BCUT2D eigenvalue weighted by Crippen LogP contribution is 2.17. The van der Waals surface area contributed by atoms with Crippen LogP contribution in [0.4, 0.5) is 0 Å². The lowest BCUT2D eigenvalue weighted by atomic mass is 10.0. The van der Waals surface area contributed by atoms with Gasteiger partial charge in [0.2, 0.25) is 5.91 Å². The van der Waals surface area contributed by atoms with E-state index in [1.165, 1.54) is 257 Å². The highest BCUT2D eigenvalue weighted by molar-refractivity contribution is 5.76. The lowest BCUT2D eigenvalue weighted by Crippen LogP contribution is -2.45. The summed E-state index contributed by atoms with van der Waals surface area (Å²) < 4.78 is 5.48. The number of nitrogens with one attached hydrogen (secondary N) is 1. The van der Waals surface area contributed by atoms with Crippen molar-refractivity contribution in [1.82, 2.24) is 5.32 Å². The summed E-state index contributed by atoms with van der Waals surface area (Å²) >= 11 is 0. The van der Waals surface area contributed by atoms with E-state index in [1.807, 2.05) is 6.08 Å². The van der Waals surface area contributed by atoms with Gasteiger partial charge in [-0.15, -0.1) is 0 Å². The predicted molar refractivity (Wildman–Crippen MR) is 306 cm³/mol. The van der Waals surface area contributed by atoms with Crippen LogP contribution in [-0.4, -0.2) is 47.4 Å². The van der Waals surface area contributed by atoms with E-state index in [0.717, 1.165) is 51.4 Å². The lowest BCUT2D eigenvalue weighted by Gasteiger charge is -2.20. The molecule has 0 saturated carbocycles. The average Bonchev–Trinajstić information content (AvgIpc) is 3.36. The van der Waals surface area contributed by atoms with E-state index >= 15 is 0 Å². The monoisotopic (exact) mass is 984 g/mol. The van der Waals surface area contributed by atoms with Gasteiger partial charge in [0.05, 0.1) is 25.4 Å². The van der Waals surface area contributed by atoms with Gasteiger partial charge in [-0.05, 0) is 83.5 Å². The fourth-order valence-electron chi connectivity index (χ4n) is 9.57. The van der Waals surface area contributed by atoms with Crippen LogP contribution in [0.5, 0.6) is 0 Å². The van der Waals surface area contributed by atoms with Crippen LogP contribution in [-0.2, 0) is 14.3 Å². The van der Waals surface area contributed by atoms with Gasteiger partial charge < -0.3 is 20.3 Å². The second-order valence-corrected chi connectivity index (χ2v) is 21.4. The highest BCUT2D eigenvalue weighted by Gasteiger charge is 2.18. The molecule has 0 aromatic carbocycles. The van der Waals surface area contributed by atoms with E-state index in [9.17, 15) is 19.8 Å². The van der Waals surface area contributed by atoms with E-state index in [1.54, 1.807) is 6.08 Å². The van der Waals surface area contributed by atoms with Crippen molar-refractivity contribution in [2.45, 2.75) is 347 Å². The van der Waals surface area contributed by atoms with Crippen molar-refractivity contribution in [3.63, 3.8) is 0 Å². The number of carbonyl (C=O) groups is 2. The summed E-state index contributed by atoms with van der Waals surface area (Å²) in [6.45, 7) is 4.90. The maximum absolute atomic E-state index is 12.5. The van der Waals surface area contributed by atoms with Gasteiger partial charge in [0.15, 0.2) is 0 Å². The van der Waals surface area contributed by atoms with Crippen LogP contribution in [0.3, 0.4) is 0 Å². The fraction of sp³-hybridized carbons (Fsp3) is 0.875. The molecule has 0 aromatic rings. The standard InChI is InChI=1S/C64H121NO5/c1-3-5-7-9-11-13-15-17-19-29-32-36-40-44-48-52-56-62(67)61(60-66)65-63(68)57-53-49-45-41-37-33-30-27-25-23-21-20-22-24-26-28-31-35-39-43-47-51-55-59-70-64(69)58-54-50-46-42-38-34-18-16-14-12-10-8-6-4-2/h16,18,23,25,52,56,61-62,66-67H,3-15,17,19-22,24,26-51,53-55,57-60H2,1-2H3,(H,65,68)/b18-16-,25-23-,56-52+. The van der Waals surface area contributed by atoms with Crippen LogP contribution >= 0.6 is 0 Å². The first-order valence-corrected chi connectivity index (χ1v) is 31.3. The van der Waals surface area contributed by atoms with Crippen molar-refractivity contribution < 1.29 is 24.5 Å². The number of aliphatic hydroxyl groups is 2. The molecule has 0 bridgehead atoms. The first-order valence-electron chi connectivity index (χ1n) is 31.3. The van der Waals surface area contributed by atoms with Gasteiger partial charge in [0, 0.05) is 12.8 Å². The largest absolute Gasteiger partial charge is 0.466 e. The van der Waals surface area contributed by atoms with Crippen molar-refractivity contribution in [2.24, 2.45) is 0 Å². The number of esters is 1. The number of hydrogen-bond acceptors (Lipinski definition) is 5. The predicted octanol–water partition coefficient (Wildman–Crippen LogP) is 19.6. The lowest BCUT2D eigenvalue weighted by molar-refractivity contribution is -0.143. The van der Waals surface area contributed by atoms with Crippen LogP contribution in [0.25, 0.3) is 0 Å². The number of ether oxygens (including phenoxy) is 1.